The van der Waals surface area contributed by atoms with Crippen LogP contribution in [0.25, 0.3) is 0 Å². The Bertz CT molecular complexity index is 2010. The average Bonchev–Trinajstić information content (AvgIpc) is 3.13. The van der Waals surface area contributed by atoms with Crippen molar-refractivity contribution < 1.29 is 27.7 Å². The molecule has 1 unspecified atom stereocenters. The largest absolute Gasteiger partial charge is 0.495 e. The van der Waals surface area contributed by atoms with Crippen LogP contribution in [0.3, 0.4) is 0 Å². The molecule has 0 radical (unpaired) electrons. The first-order valence-corrected chi connectivity index (χ1v) is 19.5. The number of anilines is 1. The Kier molecular flexibility index (Phi) is 12.9. The summed E-state index contributed by atoms with van der Waals surface area (Å²) in [7, 11) is -3.33. The molecular weight excluding hydrogens is 772 g/mol. The van der Waals surface area contributed by atoms with Gasteiger partial charge >= 0.3 is 0 Å². The summed E-state index contributed by atoms with van der Waals surface area (Å²) in [4.78, 5) is 41.4. The Morgan fingerprint density at radius 3 is 2.33 bits per heavy atom. The fourth-order valence-electron chi connectivity index (χ4n) is 6.33. The third-order valence-electron chi connectivity index (χ3n) is 9.14. The minimum Gasteiger partial charge on any atom is -0.495 e. The molecule has 1 N–H and O–H groups in total. The lowest BCUT2D eigenvalue weighted by atomic mass is 9.94. The van der Waals surface area contributed by atoms with Crippen molar-refractivity contribution in [2.45, 2.75) is 69.0 Å². The highest BCUT2D eigenvalue weighted by Gasteiger charge is 2.37. The van der Waals surface area contributed by atoms with Gasteiger partial charge in [0.15, 0.2) is 0 Å². The second-order valence-corrected chi connectivity index (χ2v) is 15.9. The summed E-state index contributed by atoms with van der Waals surface area (Å²) >= 11 is 9.83. The number of hydrogen-bond acceptors (Lipinski definition) is 7. The van der Waals surface area contributed by atoms with Gasteiger partial charge in [0, 0.05) is 40.1 Å². The van der Waals surface area contributed by atoms with Gasteiger partial charge in [-0.25, -0.2) is 8.42 Å². The summed E-state index contributed by atoms with van der Waals surface area (Å²) in [6.07, 6.45) is 4.89. The van der Waals surface area contributed by atoms with Crippen molar-refractivity contribution in [2.75, 3.05) is 18.0 Å². The van der Waals surface area contributed by atoms with Gasteiger partial charge in [-0.3, -0.25) is 24.0 Å². The first kappa shape index (κ1) is 38.8. The van der Waals surface area contributed by atoms with E-state index in [-0.39, 0.29) is 46.9 Å². The van der Waals surface area contributed by atoms with Crippen LogP contribution in [-0.4, -0.2) is 55.8 Å². The van der Waals surface area contributed by atoms with E-state index in [0.29, 0.717) is 5.56 Å². The molecule has 5 rings (SSSR count). The number of methoxy groups -OCH3 is 1. The number of sulfonamides is 1. The monoisotopic (exact) mass is 810 g/mol. The topological polar surface area (TPSA) is 139 Å². The van der Waals surface area contributed by atoms with Gasteiger partial charge in [-0.15, -0.1) is 0 Å². The van der Waals surface area contributed by atoms with Gasteiger partial charge in [-0.2, -0.15) is 0 Å². The molecule has 0 saturated heterocycles. The number of ether oxygens (including phenoxy) is 1. The summed E-state index contributed by atoms with van der Waals surface area (Å²) < 4.78 is 36.3. The number of hydrogen-bond donors (Lipinski definition) is 1. The van der Waals surface area contributed by atoms with Crippen molar-refractivity contribution in [1.82, 2.24) is 10.2 Å². The summed E-state index contributed by atoms with van der Waals surface area (Å²) in [6.45, 7) is 0.707. The third kappa shape index (κ3) is 9.50. The van der Waals surface area contributed by atoms with Crippen molar-refractivity contribution in [3.8, 4) is 5.75 Å². The van der Waals surface area contributed by atoms with Crippen LogP contribution in [0.2, 0.25) is 5.02 Å². The zero-order valence-electron chi connectivity index (χ0n) is 28.8. The van der Waals surface area contributed by atoms with Crippen LogP contribution >= 0.6 is 27.5 Å². The minimum atomic E-state index is -4.67. The maximum Gasteiger partial charge on any atom is 0.273 e. The van der Waals surface area contributed by atoms with Crippen LogP contribution in [0.4, 0.5) is 11.4 Å². The third-order valence-corrected chi connectivity index (χ3v) is 11.7. The molecule has 4 aromatic carbocycles. The summed E-state index contributed by atoms with van der Waals surface area (Å²) in [5.41, 5.74) is 1.34. The predicted octanol–water partition coefficient (Wildman–Crippen LogP) is 7.61. The Morgan fingerprint density at radius 2 is 1.67 bits per heavy atom. The van der Waals surface area contributed by atoms with Crippen molar-refractivity contribution in [2.24, 2.45) is 0 Å². The smallest absolute Gasteiger partial charge is 0.273 e. The van der Waals surface area contributed by atoms with Crippen LogP contribution in [0.5, 0.6) is 5.75 Å². The highest BCUT2D eigenvalue weighted by Crippen LogP contribution is 2.36. The number of nitro benzene ring substituents is 1. The first-order chi connectivity index (χ1) is 24.9. The Morgan fingerprint density at radius 1 is 0.981 bits per heavy atom. The molecule has 14 heteroatoms. The van der Waals surface area contributed by atoms with Crippen LogP contribution in [-0.2, 0) is 32.6 Å². The molecule has 274 valence electrons. The molecule has 0 heterocycles. The summed E-state index contributed by atoms with van der Waals surface area (Å²) in [6, 6.07) is 23.4. The number of rotatable bonds is 14. The Labute approximate surface area is 317 Å². The van der Waals surface area contributed by atoms with E-state index in [9.17, 15) is 28.1 Å². The number of benzene rings is 4. The molecule has 1 aliphatic carbocycles. The quantitative estimate of drug-likeness (QED) is 0.102. The van der Waals surface area contributed by atoms with E-state index in [0.717, 1.165) is 52.5 Å². The molecular formula is C38H40BrClN4O7S. The lowest BCUT2D eigenvalue weighted by Crippen LogP contribution is -2.55. The van der Waals surface area contributed by atoms with Gasteiger partial charge < -0.3 is 15.0 Å². The zero-order valence-corrected chi connectivity index (χ0v) is 32.0. The normalized spacial score (nSPS) is 13.9. The van der Waals surface area contributed by atoms with Gasteiger partial charge in [0.25, 0.3) is 15.7 Å². The highest BCUT2D eigenvalue weighted by atomic mass is 79.9. The molecule has 0 aromatic heterocycles. The average molecular weight is 812 g/mol. The van der Waals surface area contributed by atoms with Crippen LogP contribution < -0.4 is 14.4 Å². The van der Waals surface area contributed by atoms with Crippen molar-refractivity contribution in [1.29, 1.82) is 0 Å². The molecule has 0 aliphatic heterocycles. The van der Waals surface area contributed by atoms with Crippen molar-refractivity contribution >= 4 is 60.7 Å². The maximum atomic E-state index is 14.9. The molecule has 1 atom stereocenters. The van der Waals surface area contributed by atoms with E-state index >= 15 is 0 Å². The number of aryl methyl sites for hydroxylation is 1. The molecule has 0 spiro atoms. The van der Waals surface area contributed by atoms with E-state index in [4.69, 9.17) is 16.3 Å². The molecule has 2 amide bonds. The fraction of sp³-hybridized carbons (Fsp3) is 0.316. The molecule has 52 heavy (non-hydrogen) atoms. The lowest BCUT2D eigenvalue weighted by Gasteiger charge is -2.35. The van der Waals surface area contributed by atoms with Crippen molar-refractivity contribution in [3.63, 3.8) is 0 Å². The molecule has 1 saturated carbocycles. The highest BCUT2D eigenvalue weighted by molar-refractivity contribution is 9.10. The first-order valence-electron chi connectivity index (χ1n) is 16.9. The predicted molar refractivity (Wildman–Crippen MR) is 204 cm³/mol. The maximum absolute atomic E-state index is 14.9. The number of nitrogens with zero attached hydrogens (tertiary/aromatic N) is 3. The number of nitrogens with one attached hydrogen (secondary N) is 1. The van der Waals surface area contributed by atoms with E-state index in [1.54, 1.807) is 0 Å². The van der Waals surface area contributed by atoms with Gasteiger partial charge in [0.1, 0.15) is 18.3 Å². The number of carbonyl (C=O) groups is 2. The number of amides is 2. The minimum absolute atomic E-state index is 0.0156. The second kappa shape index (κ2) is 17.4. The molecule has 11 nitrogen and oxygen atoms in total. The van der Waals surface area contributed by atoms with E-state index in [1.807, 2.05) is 54.6 Å². The number of nitro groups is 1. The fourth-order valence-corrected chi connectivity index (χ4v) is 8.20. The lowest BCUT2D eigenvalue weighted by molar-refractivity contribution is -0.385. The Hall–Kier alpha value is -4.46. The molecule has 1 aliphatic rings. The molecule has 4 aromatic rings. The molecule has 0 bridgehead atoms. The zero-order chi connectivity index (χ0) is 37.4. The number of halogens is 2. The summed E-state index contributed by atoms with van der Waals surface area (Å²) in [5, 5.41) is 15.2. The van der Waals surface area contributed by atoms with Crippen LogP contribution in [0.1, 0.15) is 48.8 Å². The van der Waals surface area contributed by atoms with Crippen molar-refractivity contribution in [3.05, 3.63) is 127 Å². The van der Waals surface area contributed by atoms with Crippen LogP contribution in [0, 0.1) is 17.0 Å². The van der Waals surface area contributed by atoms with Crippen LogP contribution in [0.15, 0.2) is 100 Å². The van der Waals surface area contributed by atoms with E-state index in [2.05, 4.69) is 21.2 Å². The standard InChI is InChI=1S/C38H40BrClN4O7S/c1-26-13-19-32(23-33(26)44(47)48)52(49,50)43(34-22-30(40)18-20-36(34)51-2)25-37(45)42(24-28-14-16-29(39)17-15-28)35(21-27-9-5-3-6-10-27)38(46)41-31-11-7-4-8-12-31/h3,5-6,9-10,13-20,22-23,31,35H,4,7-8,11-12,21,24-25H2,1-2H3,(H,41,46). The van der Waals surface area contributed by atoms with E-state index < -0.39 is 44.0 Å². The molecule has 1 fully saturated rings. The second-order valence-electron chi connectivity index (χ2n) is 12.7. The SMILES string of the molecule is COc1ccc(Cl)cc1N(CC(=O)N(Cc1ccc(Br)cc1)C(Cc1ccccc1)C(=O)NC1CCCCC1)S(=O)(=O)c1ccc(C)c([N+](=O)[O-])c1. The van der Waals surface area contributed by atoms with E-state index in [1.165, 1.54) is 49.3 Å². The van der Waals surface area contributed by atoms with Gasteiger partial charge in [0.05, 0.1) is 22.6 Å². The Balaban J connectivity index is 1.63. The van der Waals surface area contributed by atoms with Gasteiger partial charge in [-0.1, -0.05) is 95.3 Å². The summed E-state index contributed by atoms with van der Waals surface area (Å²) in [5.74, 6) is -0.933. The number of carbonyl (C=O) groups excluding carboxylic acids is 2. The van der Waals surface area contributed by atoms with Gasteiger partial charge in [0.2, 0.25) is 11.8 Å². The van der Waals surface area contributed by atoms with Gasteiger partial charge in [-0.05, 0) is 67.3 Å².